The van der Waals surface area contributed by atoms with Crippen LogP contribution < -0.4 is 0 Å². The molecule has 122 valence electrons. The van der Waals surface area contributed by atoms with Crippen molar-refractivity contribution in [1.29, 1.82) is 0 Å². The minimum atomic E-state index is -1.26. The summed E-state index contributed by atoms with van der Waals surface area (Å²) >= 11 is 0. The number of esters is 1. The molecule has 0 aliphatic heterocycles. The van der Waals surface area contributed by atoms with Crippen molar-refractivity contribution in [1.82, 2.24) is 4.90 Å². The number of hydrogen-bond acceptors (Lipinski definition) is 4. The quantitative estimate of drug-likeness (QED) is 0.799. The number of aliphatic hydroxyl groups excluding tert-OH is 1. The van der Waals surface area contributed by atoms with Crippen molar-refractivity contribution in [3.05, 3.63) is 71.8 Å². The number of carbonyl (C=O) groups is 1. The number of carbonyl (C=O) groups excluding carboxylic acids is 1. The van der Waals surface area contributed by atoms with Crippen LogP contribution in [0.2, 0.25) is 0 Å². The Hall–Kier alpha value is -2.17. The molecule has 0 saturated carbocycles. The third kappa shape index (κ3) is 5.20. The van der Waals surface area contributed by atoms with Crippen LogP contribution in [0.4, 0.5) is 0 Å². The predicted molar refractivity (Wildman–Crippen MR) is 89.8 cm³/mol. The van der Waals surface area contributed by atoms with Gasteiger partial charge in [0.1, 0.15) is 6.10 Å². The number of hydrogen-bond donors (Lipinski definition) is 1. The fourth-order valence-electron chi connectivity index (χ4n) is 2.31. The molecule has 2 atom stereocenters. The topological polar surface area (TPSA) is 49.8 Å². The number of rotatable bonds is 7. The normalized spacial score (nSPS) is 13.6. The number of aliphatic hydroxyl groups is 1. The smallest absolute Gasteiger partial charge is 0.340 e. The van der Waals surface area contributed by atoms with Crippen molar-refractivity contribution in [3.8, 4) is 0 Å². The van der Waals surface area contributed by atoms with E-state index in [0.717, 1.165) is 12.1 Å². The molecule has 0 spiro atoms. The molecule has 0 aliphatic rings. The van der Waals surface area contributed by atoms with Gasteiger partial charge in [-0.15, -0.1) is 0 Å². The Balaban J connectivity index is 2.09. The van der Waals surface area contributed by atoms with Gasteiger partial charge in [0, 0.05) is 13.0 Å². The minimum Gasteiger partial charge on any atom is -0.455 e. The van der Waals surface area contributed by atoms with Crippen LogP contribution in [0.15, 0.2) is 60.7 Å². The van der Waals surface area contributed by atoms with E-state index in [2.05, 4.69) is 0 Å². The molecule has 2 rings (SSSR count). The van der Waals surface area contributed by atoms with Gasteiger partial charge in [-0.3, -0.25) is 0 Å². The summed E-state index contributed by atoms with van der Waals surface area (Å²) in [4.78, 5) is 14.3. The first-order chi connectivity index (χ1) is 11.1. The zero-order valence-corrected chi connectivity index (χ0v) is 13.6. The summed E-state index contributed by atoms with van der Waals surface area (Å²) in [5, 5.41) is 10.2. The van der Waals surface area contributed by atoms with Gasteiger partial charge in [-0.1, -0.05) is 60.7 Å². The van der Waals surface area contributed by atoms with Gasteiger partial charge in [0.25, 0.3) is 0 Å². The predicted octanol–water partition coefficient (Wildman–Crippen LogP) is 2.96. The van der Waals surface area contributed by atoms with Gasteiger partial charge < -0.3 is 14.7 Å². The van der Waals surface area contributed by atoms with E-state index in [9.17, 15) is 9.90 Å². The highest BCUT2D eigenvalue weighted by atomic mass is 16.6. The van der Waals surface area contributed by atoms with Crippen molar-refractivity contribution in [2.75, 3.05) is 20.6 Å². The summed E-state index contributed by atoms with van der Waals surface area (Å²) in [5.41, 5.74) is 1.47. The maximum absolute atomic E-state index is 12.3. The molecule has 0 radical (unpaired) electrons. The van der Waals surface area contributed by atoms with Crippen LogP contribution >= 0.6 is 0 Å². The fraction of sp³-hybridized carbons (Fsp3) is 0.316. The van der Waals surface area contributed by atoms with E-state index in [1.54, 1.807) is 24.3 Å². The fourth-order valence-corrected chi connectivity index (χ4v) is 2.31. The second kappa shape index (κ2) is 8.46. The van der Waals surface area contributed by atoms with Gasteiger partial charge in [0.15, 0.2) is 6.10 Å². The van der Waals surface area contributed by atoms with Crippen LogP contribution in [0.25, 0.3) is 0 Å². The third-order valence-electron chi connectivity index (χ3n) is 3.61. The van der Waals surface area contributed by atoms with E-state index in [-0.39, 0.29) is 6.10 Å². The number of nitrogens with zero attached hydrogens (tertiary/aromatic N) is 1. The van der Waals surface area contributed by atoms with Crippen molar-refractivity contribution < 1.29 is 14.6 Å². The summed E-state index contributed by atoms with van der Waals surface area (Å²) in [7, 11) is 3.95. The monoisotopic (exact) mass is 313 g/mol. The molecule has 0 heterocycles. The highest BCUT2D eigenvalue weighted by molar-refractivity contribution is 5.76. The maximum Gasteiger partial charge on any atom is 0.340 e. The molecule has 0 saturated heterocycles. The summed E-state index contributed by atoms with van der Waals surface area (Å²) in [6.07, 6.45) is -0.962. The van der Waals surface area contributed by atoms with Crippen LogP contribution in [-0.4, -0.2) is 36.6 Å². The first-order valence-corrected chi connectivity index (χ1v) is 7.71. The maximum atomic E-state index is 12.3. The summed E-state index contributed by atoms with van der Waals surface area (Å²) < 4.78 is 5.59. The molecule has 0 amide bonds. The zero-order valence-electron chi connectivity index (χ0n) is 13.6. The molecule has 0 fully saturated rings. The van der Waals surface area contributed by atoms with Gasteiger partial charge in [-0.2, -0.15) is 0 Å². The Labute approximate surface area is 137 Å². The lowest BCUT2D eigenvalue weighted by Gasteiger charge is -2.22. The molecule has 2 aromatic rings. The first-order valence-electron chi connectivity index (χ1n) is 7.71. The minimum absolute atomic E-state index is 0.371. The van der Waals surface area contributed by atoms with Crippen molar-refractivity contribution in [2.45, 2.75) is 18.6 Å². The Morgan fingerprint density at radius 1 is 1.00 bits per heavy atom. The second-order valence-corrected chi connectivity index (χ2v) is 5.74. The molecule has 2 aromatic carbocycles. The Morgan fingerprint density at radius 3 is 2.04 bits per heavy atom. The number of benzene rings is 2. The molecule has 4 nitrogen and oxygen atoms in total. The molecule has 0 bridgehead atoms. The van der Waals surface area contributed by atoms with E-state index < -0.39 is 12.1 Å². The van der Waals surface area contributed by atoms with Gasteiger partial charge in [0.2, 0.25) is 0 Å². The average Bonchev–Trinajstić information content (AvgIpc) is 2.59. The van der Waals surface area contributed by atoms with Crippen LogP contribution in [0.3, 0.4) is 0 Å². The van der Waals surface area contributed by atoms with Crippen molar-refractivity contribution >= 4 is 5.97 Å². The molecule has 0 unspecified atom stereocenters. The Kier molecular flexibility index (Phi) is 6.32. The number of ether oxygens (including phenoxy) is 1. The van der Waals surface area contributed by atoms with Gasteiger partial charge in [-0.05, 0) is 25.2 Å². The lowest BCUT2D eigenvalue weighted by atomic mass is 10.1. The van der Waals surface area contributed by atoms with E-state index >= 15 is 0 Å². The van der Waals surface area contributed by atoms with Crippen molar-refractivity contribution in [2.24, 2.45) is 0 Å². The van der Waals surface area contributed by atoms with Crippen LogP contribution in [-0.2, 0) is 9.53 Å². The standard InChI is InChI=1S/C19H23NO3/c1-20(2)14-13-17(15-9-5-3-6-10-15)23-19(22)18(21)16-11-7-4-8-12-16/h3-12,17-18,21H,13-14H2,1-2H3/t17-,18-/m1/s1. The van der Waals surface area contributed by atoms with E-state index in [4.69, 9.17) is 4.74 Å². The molecular weight excluding hydrogens is 290 g/mol. The second-order valence-electron chi connectivity index (χ2n) is 5.74. The van der Waals surface area contributed by atoms with Crippen LogP contribution in [0.5, 0.6) is 0 Å². The van der Waals surface area contributed by atoms with Crippen LogP contribution in [0, 0.1) is 0 Å². The molecule has 1 N–H and O–H groups in total. The average molecular weight is 313 g/mol. The third-order valence-corrected chi connectivity index (χ3v) is 3.61. The van der Waals surface area contributed by atoms with Crippen molar-refractivity contribution in [3.63, 3.8) is 0 Å². The summed E-state index contributed by atoms with van der Waals surface area (Å²) in [5.74, 6) is -0.621. The SMILES string of the molecule is CN(C)CC[C@@H](OC(=O)[C@H](O)c1ccccc1)c1ccccc1. The lowest BCUT2D eigenvalue weighted by molar-refractivity contribution is -0.160. The molecular formula is C19H23NO3. The molecule has 23 heavy (non-hydrogen) atoms. The summed E-state index contributed by atoms with van der Waals surface area (Å²) in [6, 6.07) is 18.5. The highest BCUT2D eigenvalue weighted by Crippen LogP contribution is 2.24. The van der Waals surface area contributed by atoms with Crippen LogP contribution in [0.1, 0.15) is 29.8 Å². The first kappa shape index (κ1) is 17.2. The highest BCUT2D eigenvalue weighted by Gasteiger charge is 2.23. The largest absolute Gasteiger partial charge is 0.455 e. The van der Waals surface area contributed by atoms with E-state index in [1.165, 1.54) is 0 Å². The molecule has 4 heteroatoms. The molecule has 0 aromatic heterocycles. The van der Waals surface area contributed by atoms with Gasteiger partial charge >= 0.3 is 5.97 Å². The summed E-state index contributed by atoms with van der Waals surface area (Å²) in [6.45, 7) is 0.786. The van der Waals surface area contributed by atoms with E-state index in [0.29, 0.717) is 12.0 Å². The van der Waals surface area contributed by atoms with E-state index in [1.807, 2.05) is 55.4 Å². The molecule has 0 aliphatic carbocycles. The Morgan fingerprint density at radius 2 is 1.52 bits per heavy atom. The lowest BCUT2D eigenvalue weighted by Crippen LogP contribution is -2.22. The Bertz CT molecular complexity index is 599. The van der Waals surface area contributed by atoms with Gasteiger partial charge in [0.05, 0.1) is 0 Å². The van der Waals surface area contributed by atoms with Gasteiger partial charge in [-0.25, -0.2) is 4.79 Å². The zero-order chi connectivity index (χ0) is 16.7.